The van der Waals surface area contributed by atoms with E-state index in [0.717, 1.165) is 5.56 Å². The molecule has 0 atom stereocenters. The van der Waals surface area contributed by atoms with Crippen LogP contribution >= 0.6 is 0 Å². The zero-order chi connectivity index (χ0) is 31.5. The van der Waals surface area contributed by atoms with Gasteiger partial charge in [-0.25, -0.2) is 0 Å². The van der Waals surface area contributed by atoms with E-state index in [1.807, 2.05) is 0 Å². The molecule has 0 saturated carbocycles. The van der Waals surface area contributed by atoms with Gasteiger partial charge in [-0.3, -0.25) is 0 Å². The van der Waals surface area contributed by atoms with Crippen LogP contribution in [-0.4, -0.2) is 8.07 Å². The fraction of sp³-hybridized carbons (Fsp3) is 0. The summed E-state index contributed by atoms with van der Waals surface area (Å²) in [7, 11) is -2.88. The Morgan fingerprint density at radius 3 is 1.26 bits per heavy atom. The third kappa shape index (κ3) is 5.16. The fourth-order valence-corrected chi connectivity index (χ4v) is 10.8. The maximum Gasteiger partial charge on any atom is 0.230 e. The van der Waals surface area contributed by atoms with Crippen LogP contribution in [0, 0.1) is 11.5 Å². The monoisotopic (exact) mass is 612 g/mol. The van der Waals surface area contributed by atoms with Crippen LogP contribution in [0.1, 0.15) is 5.56 Å². The minimum Gasteiger partial charge on any atom is -0.109 e. The van der Waals surface area contributed by atoms with E-state index in [9.17, 15) is 0 Å². The van der Waals surface area contributed by atoms with E-state index in [4.69, 9.17) is 0 Å². The van der Waals surface area contributed by atoms with Crippen molar-refractivity contribution in [3.63, 3.8) is 0 Å². The molecule has 0 N–H and O–H groups in total. The van der Waals surface area contributed by atoms with Crippen LogP contribution in [0.25, 0.3) is 43.8 Å². The normalized spacial score (nSPS) is 11.2. The molecule has 0 fully saturated rings. The third-order valence-electron chi connectivity index (χ3n) is 9.19. The van der Waals surface area contributed by atoms with Crippen LogP contribution in [0.3, 0.4) is 0 Å². The average molecular weight is 613 g/mol. The second-order valence-electron chi connectivity index (χ2n) is 11.9. The van der Waals surface area contributed by atoms with Gasteiger partial charge in [0.2, 0.25) is 8.07 Å². The second kappa shape index (κ2) is 12.5. The molecule has 8 rings (SSSR count). The molecule has 0 aliphatic heterocycles. The Balaban J connectivity index is 1.46. The molecule has 0 bridgehead atoms. The summed E-state index contributed by atoms with van der Waals surface area (Å²) >= 11 is 0. The summed E-state index contributed by atoms with van der Waals surface area (Å²) in [6.45, 7) is 0. The van der Waals surface area contributed by atoms with E-state index >= 15 is 0 Å². The van der Waals surface area contributed by atoms with Crippen LogP contribution in [0.4, 0.5) is 0 Å². The highest BCUT2D eigenvalue weighted by Crippen LogP contribution is 2.39. The molecule has 1 heteroatoms. The van der Waals surface area contributed by atoms with Gasteiger partial charge in [-0.15, -0.1) is 5.54 Å². The van der Waals surface area contributed by atoms with E-state index in [0.29, 0.717) is 0 Å². The Morgan fingerprint density at radius 2 is 0.723 bits per heavy atom. The van der Waals surface area contributed by atoms with Crippen LogP contribution in [0.15, 0.2) is 194 Å². The molecule has 0 aromatic heterocycles. The summed E-state index contributed by atoms with van der Waals surface area (Å²) in [5.41, 5.74) is 10.1. The van der Waals surface area contributed by atoms with Gasteiger partial charge in [0.1, 0.15) is 0 Å². The van der Waals surface area contributed by atoms with Crippen molar-refractivity contribution in [2.45, 2.75) is 0 Å². The minimum atomic E-state index is -2.88. The molecule has 0 nitrogen and oxygen atoms in total. The zero-order valence-corrected chi connectivity index (χ0v) is 27.0. The fourth-order valence-electron chi connectivity index (χ4n) is 6.99. The Labute approximate surface area is 277 Å². The maximum absolute atomic E-state index is 4.11. The molecule has 0 saturated heterocycles. The molecule has 47 heavy (non-hydrogen) atoms. The number of benzene rings is 8. The zero-order valence-electron chi connectivity index (χ0n) is 26.0. The van der Waals surface area contributed by atoms with Gasteiger partial charge in [0.25, 0.3) is 0 Å². The van der Waals surface area contributed by atoms with Crippen molar-refractivity contribution in [1.82, 2.24) is 0 Å². The smallest absolute Gasteiger partial charge is 0.109 e. The van der Waals surface area contributed by atoms with Gasteiger partial charge in [0, 0.05) is 5.56 Å². The van der Waals surface area contributed by atoms with Gasteiger partial charge in [-0.1, -0.05) is 200 Å². The number of fused-ring (bicyclic) bond motifs is 2. The van der Waals surface area contributed by atoms with E-state index in [-0.39, 0.29) is 0 Å². The highest BCUT2D eigenvalue weighted by atomic mass is 28.3. The standard InChI is InChI=1S/C46H32Si/c1-5-18-35(19-6-1)37-22-17-27-40(34-37)47(38-23-9-3-10-24-38,39-25-11-4-12-26-39)33-32-43-41-28-13-15-30-44(41)46(36-20-7-2-8-21-36)45-31-16-14-29-42(43)45/h1-31,34H. The maximum atomic E-state index is 4.11. The molecule has 0 unspecified atom stereocenters. The molecule has 220 valence electrons. The van der Waals surface area contributed by atoms with Crippen LogP contribution in [-0.2, 0) is 0 Å². The van der Waals surface area contributed by atoms with E-state index in [2.05, 4.69) is 206 Å². The molecule has 0 aliphatic carbocycles. The van der Waals surface area contributed by atoms with Crippen LogP contribution in [0.5, 0.6) is 0 Å². The number of hydrogen-bond acceptors (Lipinski definition) is 0. The van der Waals surface area contributed by atoms with Crippen molar-refractivity contribution in [3.05, 3.63) is 200 Å². The first-order chi connectivity index (χ1) is 23.3. The third-order valence-corrected chi connectivity index (χ3v) is 13.3. The van der Waals surface area contributed by atoms with Crippen molar-refractivity contribution in [2.24, 2.45) is 0 Å². The lowest BCUT2D eigenvalue weighted by Crippen LogP contribution is -2.66. The first-order valence-corrected chi connectivity index (χ1v) is 18.1. The van der Waals surface area contributed by atoms with Gasteiger partial charge in [-0.05, 0) is 59.4 Å². The summed E-state index contributed by atoms with van der Waals surface area (Å²) in [4.78, 5) is 0. The van der Waals surface area contributed by atoms with Gasteiger partial charge >= 0.3 is 0 Å². The average Bonchev–Trinajstić information content (AvgIpc) is 3.16. The molecular weight excluding hydrogens is 581 g/mol. The Kier molecular flexibility index (Phi) is 7.56. The molecule has 8 aromatic rings. The topological polar surface area (TPSA) is 0 Å². The molecule has 8 aromatic carbocycles. The van der Waals surface area contributed by atoms with E-state index in [1.54, 1.807) is 0 Å². The van der Waals surface area contributed by atoms with Crippen molar-refractivity contribution >= 4 is 45.2 Å². The van der Waals surface area contributed by atoms with Gasteiger partial charge in [-0.2, -0.15) is 0 Å². The predicted octanol–water partition coefficient (Wildman–Crippen LogP) is 9.39. The van der Waals surface area contributed by atoms with Gasteiger partial charge in [0.15, 0.2) is 0 Å². The summed E-state index contributed by atoms with van der Waals surface area (Å²) < 4.78 is 0. The summed E-state index contributed by atoms with van der Waals surface area (Å²) in [5, 5.41) is 8.63. The number of hydrogen-bond donors (Lipinski definition) is 0. The highest BCUT2D eigenvalue weighted by molar-refractivity contribution is 7.16. The lowest BCUT2D eigenvalue weighted by Gasteiger charge is -2.29. The highest BCUT2D eigenvalue weighted by Gasteiger charge is 2.38. The molecule has 0 aliphatic rings. The van der Waals surface area contributed by atoms with Crippen molar-refractivity contribution < 1.29 is 0 Å². The van der Waals surface area contributed by atoms with Crippen LogP contribution < -0.4 is 15.6 Å². The van der Waals surface area contributed by atoms with Crippen molar-refractivity contribution in [2.75, 3.05) is 0 Å². The second-order valence-corrected chi connectivity index (χ2v) is 15.4. The lowest BCUT2D eigenvalue weighted by molar-refractivity contribution is 1.63. The quantitative estimate of drug-likeness (QED) is 0.0786. The lowest BCUT2D eigenvalue weighted by atomic mass is 9.89. The largest absolute Gasteiger partial charge is 0.230 e. The Bertz CT molecular complexity index is 2290. The van der Waals surface area contributed by atoms with Crippen molar-refractivity contribution in [3.8, 4) is 33.7 Å². The summed E-state index contributed by atoms with van der Waals surface area (Å²) in [6.07, 6.45) is 0. The number of rotatable bonds is 5. The molecule has 0 heterocycles. The predicted molar refractivity (Wildman–Crippen MR) is 203 cm³/mol. The summed E-state index contributed by atoms with van der Waals surface area (Å²) in [6, 6.07) is 70.0. The van der Waals surface area contributed by atoms with Crippen LogP contribution in [0.2, 0.25) is 0 Å². The molecule has 0 spiro atoms. The first kappa shape index (κ1) is 28.5. The van der Waals surface area contributed by atoms with Gasteiger partial charge < -0.3 is 0 Å². The summed E-state index contributed by atoms with van der Waals surface area (Å²) in [5.74, 6) is 3.92. The first-order valence-electron chi connectivity index (χ1n) is 16.1. The molecule has 0 amide bonds. The van der Waals surface area contributed by atoms with Gasteiger partial charge in [0.05, 0.1) is 0 Å². The molecular formula is C46H32Si. The Hall–Kier alpha value is -5.94. The Morgan fingerprint density at radius 1 is 0.319 bits per heavy atom. The van der Waals surface area contributed by atoms with E-state index in [1.165, 1.54) is 59.4 Å². The minimum absolute atomic E-state index is 1.08. The van der Waals surface area contributed by atoms with Crippen molar-refractivity contribution in [1.29, 1.82) is 0 Å². The molecule has 0 radical (unpaired) electrons. The SMILES string of the molecule is C(#C[Si](c1ccccc1)(c1ccccc1)c1cccc(-c2ccccc2)c1)c1c2ccccc2c(-c2ccccc2)c2ccccc12. The van der Waals surface area contributed by atoms with E-state index < -0.39 is 8.07 Å².